The van der Waals surface area contributed by atoms with Crippen LogP contribution in [-0.2, 0) is 0 Å². The first kappa shape index (κ1) is 35.7. The van der Waals surface area contributed by atoms with Crippen molar-refractivity contribution in [3.63, 3.8) is 0 Å². The molecule has 4 aliphatic rings. The quantitative estimate of drug-likeness (QED) is 0.117. The summed E-state index contributed by atoms with van der Waals surface area (Å²) in [5, 5.41) is 29.4. The van der Waals surface area contributed by atoms with Gasteiger partial charge in [-0.25, -0.2) is 10.1 Å². The second-order valence-corrected chi connectivity index (χ2v) is 14.0. The van der Waals surface area contributed by atoms with E-state index in [-0.39, 0.29) is 29.4 Å². The zero-order valence-corrected chi connectivity index (χ0v) is 28.7. The van der Waals surface area contributed by atoms with Crippen molar-refractivity contribution in [2.75, 3.05) is 0 Å². The number of fused-ring (bicyclic) bond motifs is 4. The largest absolute Gasteiger partial charge is 0.262 e. The summed E-state index contributed by atoms with van der Waals surface area (Å²) in [4.78, 5) is 3.59. The standard InChI is InChI=1S/2C23H22N2/c1-4-9-20-17-12-13-18(14-17)22(23(20)21(15-24)25-3)19(5-2)16-10-7-6-8-11-16;1-2-7-21-20-12-11-19(14-20)15-22(21)23(16-24,17-25)13-6-10-18-8-4-3-5-9-18/h5-11,17-20,22H,1-2,12-14H2;3-10,15,19-21H,1,11-14H2/b23-21-;10-6+/t17-,18+,19+,20+,22+;19-,20+,21-/m10/s1. The number of nitriles is 3. The van der Waals surface area contributed by atoms with E-state index in [1.807, 2.05) is 78.9 Å². The van der Waals surface area contributed by atoms with E-state index in [4.69, 9.17) is 6.57 Å². The van der Waals surface area contributed by atoms with Crippen LogP contribution in [0.3, 0.4) is 0 Å². The maximum Gasteiger partial charge on any atom is 0.262 e. The van der Waals surface area contributed by atoms with Gasteiger partial charge in [-0.1, -0.05) is 98.1 Å². The van der Waals surface area contributed by atoms with E-state index in [0.29, 0.717) is 30.1 Å². The van der Waals surface area contributed by atoms with Crippen LogP contribution in [0.1, 0.15) is 62.0 Å². The van der Waals surface area contributed by atoms with E-state index in [1.54, 1.807) is 0 Å². The fraction of sp³-hybridized carbons (Fsp3) is 0.348. The summed E-state index contributed by atoms with van der Waals surface area (Å²) in [7, 11) is 0. The van der Waals surface area contributed by atoms with Crippen molar-refractivity contribution in [1.29, 1.82) is 15.8 Å². The molecule has 0 heterocycles. The van der Waals surface area contributed by atoms with Crippen LogP contribution in [0.5, 0.6) is 0 Å². The Morgan fingerprint density at radius 3 is 2.10 bits per heavy atom. The van der Waals surface area contributed by atoms with Crippen LogP contribution in [0.25, 0.3) is 10.9 Å². The fourth-order valence-corrected chi connectivity index (χ4v) is 9.14. The van der Waals surface area contributed by atoms with E-state index in [1.165, 1.54) is 5.56 Å². The minimum Gasteiger partial charge on any atom is -0.227 e. The highest BCUT2D eigenvalue weighted by molar-refractivity contribution is 5.50. The van der Waals surface area contributed by atoms with Crippen LogP contribution < -0.4 is 0 Å². The van der Waals surface area contributed by atoms with Crippen LogP contribution in [0.4, 0.5) is 0 Å². The molecule has 3 fully saturated rings. The van der Waals surface area contributed by atoms with Crippen LogP contribution in [0.2, 0.25) is 0 Å². The lowest BCUT2D eigenvalue weighted by Gasteiger charge is -2.41. The van der Waals surface area contributed by atoms with Gasteiger partial charge in [0.1, 0.15) is 0 Å². The first-order valence-electron chi connectivity index (χ1n) is 17.6. The first-order chi connectivity index (χ1) is 24.5. The normalized spacial score (nSPS) is 27.6. The summed E-state index contributed by atoms with van der Waals surface area (Å²) in [5.74, 6) is 2.49. The molecule has 4 nitrogen and oxygen atoms in total. The predicted molar refractivity (Wildman–Crippen MR) is 200 cm³/mol. The third-order valence-electron chi connectivity index (χ3n) is 11.4. The van der Waals surface area contributed by atoms with Gasteiger partial charge in [-0.3, -0.25) is 0 Å². The van der Waals surface area contributed by atoms with Gasteiger partial charge in [0.05, 0.1) is 24.8 Å². The summed E-state index contributed by atoms with van der Waals surface area (Å²) in [6.07, 6.45) is 19.4. The number of allylic oxidation sites excluding steroid dienone is 8. The Morgan fingerprint density at radius 1 is 0.860 bits per heavy atom. The third kappa shape index (κ3) is 7.36. The van der Waals surface area contributed by atoms with Crippen LogP contribution in [0, 0.1) is 87.4 Å². The van der Waals surface area contributed by atoms with E-state index >= 15 is 0 Å². The number of benzene rings is 2. The molecule has 50 heavy (non-hydrogen) atoms. The van der Waals surface area contributed by atoms with Crippen LogP contribution in [0.15, 0.2) is 139 Å². The molecule has 4 heteroatoms. The van der Waals surface area contributed by atoms with Crippen molar-refractivity contribution in [2.24, 2.45) is 46.8 Å². The number of nitrogens with zero attached hydrogens (tertiary/aromatic N) is 4. The maximum atomic E-state index is 9.91. The van der Waals surface area contributed by atoms with E-state index in [2.05, 4.69) is 72.5 Å². The van der Waals surface area contributed by atoms with E-state index in [9.17, 15) is 15.8 Å². The summed E-state index contributed by atoms with van der Waals surface area (Å²) in [6.45, 7) is 19.1. The Kier molecular flexibility index (Phi) is 11.9. The zero-order chi connectivity index (χ0) is 35.5. The summed E-state index contributed by atoms with van der Waals surface area (Å²) < 4.78 is 0. The van der Waals surface area contributed by atoms with Crippen LogP contribution in [-0.4, -0.2) is 0 Å². The smallest absolute Gasteiger partial charge is 0.227 e. The Labute approximate surface area is 298 Å². The van der Waals surface area contributed by atoms with E-state index < -0.39 is 5.41 Å². The second kappa shape index (κ2) is 16.7. The average molecular weight is 653 g/mol. The Hall–Kier alpha value is -5.60. The molecule has 0 aliphatic heterocycles. The lowest BCUT2D eigenvalue weighted by Crippen LogP contribution is -2.32. The lowest BCUT2D eigenvalue weighted by atomic mass is 9.63. The summed E-state index contributed by atoms with van der Waals surface area (Å²) in [6, 6.07) is 27.1. The Balaban J connectivity index is 0.000000194. The number of hydrogen-bond donors (Lipinski definition) is 0. The van der Waals surface area contributed by atoms with Gasteiger partial charge in [0.15, 0.2) is 5.41 Å². The average Bonchev–Trinajstić information content (AvgIpc) is 3.77. The van der Waals surface area contributed by atoms with Crippen molar-refractivity contribution in [3.05, 3.63) is 162 Å². The maximum absolute atomic E-state index is 9.91. The third-order valence-corrected chi connectivity index (χ3v) is 11.4. The van der Waals surface area contributed by atoms with Gasteiger partial charge in [-0.2, -0.15) is 10.5 Å². The minimum atomic E-state index is -1.11. The van der Waals surface area contributed by atoms with Crippen molar-refractivity contribution >= 4 is 6.08 Å². The molecule has 0 radical (unpaired) electrons. The zero-order valence-electron chi connectivity index (χ0n) is 28.7. The monoisotopic (exact) mass is 652 g/mol. The molecular formula is C46H44N4. The van der Waals surface area contributed by atoms with Crippen LogP contribution >= 0.6 is 0 Å². The van der Waals surface area contributed by atoms with Gasteiger partial charge in [-0.05, 0) is 103 Å². The van der Waals surface area contributed by atoms with Gasteiger partial charge >= 0.3 is 0 Å². The number of hydrogen-bond acceptors (Lipinski definition) is 3. The summed E-state index contributed by atoms with van der Waals surface area (Å²) in [5.41, 5.74) is 9.20. The molecule has 4 aliphatic carbocycles. The highest BCUT2D eigenvalue weighted by Gasteiger charge is 2.48. The molecule has 0 amide bonds. The highest BCUT2D eigenvalue weighted by atomic mass is 14.7. The van der Waals surface area contributed by atoms with Gasteiger partial charge in [0.25, 0.3) is 5.70 Å². The first-order valence-corrected chi connectivity index (χ1v) is 17.6. The van der Waals surface area contributed by atoms with Crippen molar-refractivity contribution in [1.82, 2.24) is 0 Å². The molecule has 0 aromatic heterocycles. The van der Waals surface area contributed by atoms with Gasteiger partial charge in [0.2, 0.25) is 0 Å². The second-order valence-electron chi connectivity index (χ2n) is 14.0. The molecule has 3 saturated carbocycles. The molecular weight excluding hydrogens is 609 g/mol. The molecule has 2 aromatic carbocycles. The van der Waals surface area contributed by atoms with Gasteiger partial charge in [0, 0.05) is 24.2 Å². The van der Waals surface area contributed by atoms with Crippen molar-refractivity contribution < 1.29 is 0 Å². The molecule has 0 N–H and O–H groups in total. The van der Waals surface area contributed by atoms with Gasteiger partial charge < -0.3 is 0 Å². The lowest BCUT2D eigenvalue weighted by molar-refractivity contribution is 0.263. The molecule has 0 spiro atoms. The molecule has 0 unspecified atom stereocenters. The SMILES string of the molecule is C=C=C[C@@H]1C(C(C#N)(C#N)C/C=C/c2ccccc2)=C[C@H]2CC[C@@H]1C2.[C-]#[N+]/C(C#N)=C1\[C@H]([C@@H](C=C)c2ccccc2)[C@H]2CC[C@H](C2)[C@@H]1C=C=C. The van der Waals surface area contributed by atoms with Crippen molar-refractivity contribution in [2.45, 2.75) is 50.9 Å². The van der Waals surface area contributed by atoms with Gasteiger partial charge in [-0.15, -0.1) is 18.0 Å². The fourth-order valence-electron chi connectivity index (χ4n) is 9.14. The Bertz CT molecular complexity index is 1870. The molecule has 6 rings (SSSR count). The summed E-state index contributed by atoms with van der Waals surface area (Å²) >= 11 is 0. The topological polar surface area (TPSA) is 75.7 Å². The predicted octanol–water partition coefficient (Wildman–Crippen LogP) is 11.1. The molecule has 248 valence electrons. The molecule has 4 bridgehead atoms. The molecule has 0 saturated heterocycles. The minimum absolute atomic E-state index is 0.0937. The Morgan fingerprint density at radius 2 is 1.48 bits per heavy atom. The van der Waals surface area contributed by atoms with E-state index in [0.717, 1.165) is 55.2 Å². The molecule has 8 atom stereocenters. The number of rotatable bonds is 9. The highest BCUT2D eigenvalue weighted by Crippen LogP contribution is 2.57. The molecule has 2 aromatic rings. The van der Waals surface area contributed by atoms with Crippen molar-refractivity contribution in [3.8, 4) is 18.2 Å².